The van der Waals surface area contributed by atoms with Crippen molar-refractivity contribution in [2.75, 3.05) is 11.2 Å². The average Bonchev–Trinajstić information content (AvgIpc) is 2.98. The van der Waals surface area contributed by atoms with Gasteiger partial charge in [-0.1, -0.05) is 36.0 Å². The number of rotatable bonds is 5. The van der Waals surface area contributed by atoms with Crippen LogP contribution in [-0.2, 0) is 4.79 Å². The zero-order valence-corrected chi connectivity index (χ0v) is 14.7. The number of nitrogens with one attached hydrogen (secondary N) is 1. The van der Waals surface area contributed by atoms with Gasteiger partial charge in [0.15, 0.2) is 0 Å². The highest BCUT2D eigenvalue weighted by Crippen LogP contribution is 2.25. The van der Waals surface area contributed by atoms with E-state index in [1.54, 1.807) is 19.2 Å². The maximum absolute atomic E-state index is 12.4. The van der Waals surface area contributed by atoms with Gasteiger partial charge in [0.25, 0.3) is 0 Å². The van der Waals surface area contributed by atoms with Crippen molar-refractivity contribution in [2.45, 2.75) is 24.3 Å². The van der Waals surface area contributed by atoms with E-state index in [2.05, 4.69) is 20.5 Å². The first-order valence-corrected chi connectivity index (χ1v) is 8.59. The predicted octanol–water partition coefficient (Wildman–Crippen LogP) is 2.48. The number of amides is 1. The Morgan fingerprint density at radius 3 is 2.68 bits per heavy atom. The number of aromatic nitrogens is 4. The van der Waals surface area contributed by atoms with E-state index in [0.29, 0.717) is 16.7 Å². The van der Waals surface area contributed by atoms with Gasteiger partial charge in [-0.25, -0.2) is 4.68 Å². The normalized spacial score (nSPS) is 11.9. The molecule has 128 valence electrons. The Morgan fingerprint density at radius 2 is 1.96 bits per heavy atom. The second-order valence-corrected chi connectivity index (χ2v) is 6.76. The van der Waals surface area contributed by atoms with Crippen LogP contribution in [0.25, 0.3) is 11.5 Å². The van der Waals surface area contributed by atoms with Crippen molar-refractivity contribution < 1.29 is 4.79 Å². The van der Waals surface area contributed by atoms with E-state index in [9.17, 15) is 4.79 Å². The van der Waals surface area contributed by atoms with Crippen LogP contribution >= 0.6 is 11.8 Å². The molecule has 25 heavy (non-hydrogen) atoms. The first-order valence-electron chi connectivity index (χ1n) is 7.71. The number of nitrogens with zero attached hydrogens (tertiary/aromatic N) is 4. The van der Waals surface area contributed by atoms with Crippen molar-refractivity contribution in [2.24, 2.45) is 0 Å². The maximum atomic E-state index is 12.4. The van der Waals surface area contributed by atoms with Crippen LogP contribution in [0.5, 0.6) is 0 Å². The molecule has 1 aromatic carbocycles. The van der Waals surface area contributed by atoms with Gasteiger partial charge in [-0.3, -0.25) is 9.78 Å². The minimum Gasteiger partial charge on any atom is -0.335 e. The van der Waals surface area contributed by atoms with E-state index in [4.69, 9.17) is 5.84 Å². The first-order chi connectivity index (χ1) is 12.1. The number of carbonyl (C=O) groups is 1. The highest BCUT2D eigenvalue weighted by molar-refractivity contribution is 8.00. The van der Waals surface area contributed by atoms with Crippen molar-refractivity contribution in [3.63, 3.8) is 0 Å². The lowest BCUT2D eigenvalue weighted by atomic mass is 10.2. The van der Waals surface area contributed by atoms with E-state index < -0.39 is 0 Å². The minimum absolute atomic E-state index is 0.123. The van der Waals surface area contributed by atoms with Crippen LogP contribution in [0.1, 0.15) is 12.5 Å². The van der Waals surface area contributed by atoms with Gasteiger partial charge in [0.1, 0.15) is 5.69 Å². The Morgan fingerprint density at radius 1 is 1.20 bits per heavy atom. The molecule has 0 saturated heterocycles. The van der Waals surface area contributed by atoms with Crippen molar-refractivity contribution in [3.8, 4) is 11.5 Å². The number of nitrogen functional groups attached to an aromatic ring is 1. The molecule has 0 saturated carbocycles. The Bertz CT molecular complexity index is 880. The van der Waals surface area contributed by atoms with E-state index in [0.717, 1.165) is 11.3 Å². The fraction of sp³-hybridized carbons (Fsp3) is 0.176. The van der Waals surface area contributed by atoms with Crippen molar-refractivity contribution in [1.82, 2.24) is 19.9 Å². The van der Waals surface area contributed by atoms with Crippen LogP contribution in [0.2, 0.25) is 0 Å². The van der Waals surface area contributed by atoms with Crippen LogP contribution in [0.15, 0.2) is 53.8 Å². The van der Waals surface area contributed by atoms with Crippen molar-refractivity contribution in [3.05, 3.63) is 54.2 Å². The molecule has 3 rings (SSSR count). The van der Waals surface area contributed by atoms with E-state index >= 15 is 0 Å². The van der Waals surface area contributed by atoms with Crippen molar-refractivity contribution in [1.29, 1.82) is 0 Å². The lowest BCUT2D eigenvalue weighted by molar-refractivity contribution is -0.115. The smallest absolute Gasteiger partial charge is 0.237 e. The first kappa shape index (κ1) is 17.0. The van der Waals surface area contributed by atoms with Gasteiger partial charge in [-0.05, 0) is 37.6 Å². The summed E-state index contributed by atoms with van der Waals surface area (Å²) in [5.41, 5.74) is 2.43. The number of carbonyl (C=O) groups excluding carboxylic acids is 1. The summed E-state index contributed by atoms with van der Waals surface area (Å²) in [5, 5.41) is 11.1. The summed E-state index contributed by atoms with van der Waals surface area (Å²) < 4.78 is 1.35. The standard InChI is InChI=1S/C17H18N6OS/c1-11-7-3-4-8-13(11)20-16(24)12(2)25-17-22-21-15(23(17)18)14-9-5-6-10-19-14/h3-10,12H,18H2,1-2H3,(H,20,24). The maximum Gasteiger partial charge on any atom is 0.237 e. The summed E-state index contributed by atoms with van der Waals surface area (Å²) in [6.07, 6.45) is 1.66. The van der Waals surface area contributed by atoms with Crippen molar-refractivity contribution >= 4 is 23.4 Å². The average molecular weight is 354 g/mol. The van der Waals surface area contributed by atoms with Gasteiger partial charge < -0.3 is 11.2 Å². The highest BCUT2D eigenvalue weighted by Gasteiger charge is 2.20. The van der Waals surface area contributed by atoms with Gasteiger partial charge in [-0.2, -0.15) is 0 Å². The quantitative estimate of drug-likeness (QED) is 0.539. The topological polar surface area (TPSA) is 98.7 Å². The molecule has 1 atom stereocenters. The van der Waals surface area contributed by atoms with Gasteiger partial charge in [0, 0.05) is 11.9 Å². The van der Waals surface area contributed by atoms with Gasteiger partial charge in [0.05, 0.1) is 5.25 Å². The monoisotopic (exact) mass is 354 g/mol. The Kier molecular flexibility index (Phi) is 4.99. The zero-order chi connectivity index (χ0) is 17.8. The number of benzene rings is 1. The fourth-order valence-corrected chi connectivity index (χ4v) is 2.96. The van der Waals surface area contributed by atoms with Crippen LogP contribution in [0.3, 0.4) is 0 Å². The van der Waals surface area contributed by atoms with Gasteiger partial charge in [-0.15, -0.1) is 10.2 Å². The molecule has 0 spiro atoms. The largest absolute Gasteiger partial charge is 0.335 e. The number of nitrogens with two attached hydrogens (primary N) is 1. The molecular weight excluding hydrogens is 336 g/mol. The Labute approximate surface area is 149 Å². The predicted molar refractivity (Wildman–Crippen MR) is 98.5 cm³/mol. The number of pyridine rings is 1. The molecule has 0 fully saturated rings. The summed E-state index contributed by atoms with van der Waals surface area (Å²) in [7, 11) is 0. The molecular formula is C17H18N6OS. The molecule has 2 heterocycles. The molecule has 2 aromatic heterocycles. The number of para-hydroxylation sites is 1. The summed E-state index contributed by atoms with van der Waals surface area (Å²) >= 11 is 1.24. The summed E-state index contributed by atoms with van der Waals surface area (Å²) in [5.74, 6) is 6.39. The Hall–Kier alpha value is -2.87. The molecule has 0 aliphatic rings. The molecule has 0 bridgehead atoms. The summed E-state index contributed by atoms with van der Waals surface area (Å²) in [6.45, 7) is 3.75. The second kappa shape index (κ2) is 7.35. The van der Waals surface area contributed by atoms with Crippen LogP contribution in [0, 0.1) is 6.92 Å². The number of aryl methyl sites for hydroxylation is 1. The number of anilines is 1. The van der Waals surface area contributed by atoms with E-state index in [1.807, 2.05) is 43.3 Å². The lowest BCUT2D eigenvalue weighted by Gasteiger charge is -2.13. The van der Waals surface area contributed by atoms with Gasteiger partial charge in [0.2, 0.25) is 16.9 Å². The number of hydrogen-bond donors (Lipinski definition) is 2. The van der Waals surface area contributed by atoms with Crippen LogP contribution < -0.4 is 11.2 Å². The molecule has 3 aromatic rings. The van der Waals surface area contributed by atoms with E-state index in [-0.39, 0.29) is 11.2 Å². The van der Waals surface area contributed by atoms with Crippen LogP contribution in [0.4, 0.5) is 5.69 Å². The molecule has 3 N–H and O–H groups in total. The molecule has 0 aliphatic carbocycles. The molecule has 0 radical (unpaired) electrons. The third kappa shape index (κ3) is 3.80. The minimum atomic E-state index is -0.386. The lowest BCUT2D eigenvalue weighted by Crippen LogP contribution is -2.24. The fourth-order valence-electron chi connectivity index (χ4n) is 2.19. The van der Waals surface area contributed by atoms with Crippen LogP contribution in [-0.4, -0.2) is 31.0 Å². The number of thioether (sulfide) groups is 1. The highest BCUT2D eigenvalue weighted by atomic mass is 32.2. The summed E-state index contributed by atoms with van der Waals surface area (Å²) in [6, 6.07) is 13.1. The molecule has 0 aliphatic heterocycles. The molecule has 7 nitrogen and oxygen atoms in total. The van der Waals surface area contributed by atoms with Gasteiger partial charge >= 0.3 is 0 Å². The number of hydrogen-bond acceptors (Lipinski definition) is 6. The van der Waals surface area contributed by atoms with E-state index in [1.165, 1.54) is 16.4 Å². The third-order valence-corrected chi connectivity index (χ3v) is 4.67. The zero-order valence-electron chi connectivity index (χ0n) is 13.9. The molecule has 8 heteroatoms. The second-order valence-electron chi connectivity index (χ2n) is 5.46. The molecule has 1 unspecified atom stereocenters. The molecule has 1 amide bonds. The SMILES string of the molecule is Cc1ccccc1NC(=O)C(C)Sc1nnc(-c2ccccn2)n1N. The Balaban J connectivity index is 1.71. The third-order valence-electron chi connectivity index (χ3n) is 3.61. The summed E-state index contributed by atoms with van der Waals surface area (Å²) in [4.78, 5) is 16.6.